The number of halogens is 1. The highest BCUT2D eigenvalue weighted by Crippen LogP contribution is 2.27. The molecule has 6 nitrogen and oxygen atoms in total. The number of nitrogens with zero attached hydrogens (tertiary/aromatic N) is 2. The molecule has 0 amide bonds. The van der Waals surface area contributed by atoms with Crippen molar-refractivity contribution >= 4 is 23.4 Å². The number of pyridine rings is 1. The van der Waals surface area contributed by atoms with Crippen molar-refractivity contribution in [2.45, 2.75) is 33.1 Å². The van der Waals surface area contributed by atoms with E-state index in [0.29, 0.717) is 17.1 Å². The highest BCUT2D eigenvalue weighted by atomic mass is 35.5. The number of nitriles is 1. The van der Waals surface area contributed by atoms with Crippen molar-refractivity contribution in [3.8, 4) is 11.8 Å². The predicted molar refractivity (Wildman–Crippen MR) is 95.5 cm³/mol. The normalized spacial score (nSPS) is 10.4. The first kappa shape index (κ1) is 19.4. The molecule has 0 aliphatic carbocycles. The summed E-state index contributed by atoms with van der Waals surface area (Å²) in [6.07, 6.45) is -0.326. The fraction of sp³-hybridized carbons (Fsp3) is 0.263. The molecule has 1 aromatic carbocycles. The molecule has 2 rings (SSSR count). The summed E-state index contributed by atoms with van der Waals surface area (Å²) >= 11 is 6.04. The van der Waals surface area contributed by atoms with Crippen LogP contribution < -0.4 is 0 Å². The molecular formula is C19H17ClN2O4. The van der Waals surface area contributed by atoms with Gasteiger partial charge in [-0.15, -0.1) is 0 Å². The summed E-state index contributed by atoms with van der Waals surface area (Å²) in [6, 6.07) is 6.90. The number of rotatable bonds is 6. The topological polar surface area (TPSA) is 111 Å². The van der Waals surface area contributed by atoms with Crippen LogP contribution in [0.4, 0.5) is 0 Å². The van der Waals surface area contributed by atoms with Crippen LogP contribution in [-0.2, 0) is 11.2 Å². The highest BCUT2D eigenvalue weighted by Gasteiger charge is 2.20. The van der Waals surface area contributed by atoms with Crippen LogP contribution in [0, 0.1) is 25.2 Å². The van der Waals surface area contributed by atoms with Crippen LogP contribution in [0.25, 0.3) is 0 Å². The van der Waals surface area contributed by atoms with Crippen molar-refractivity contribution in [3.05, 3.63) is 56.9 Å². The Hall–Kier alpha value is -2.91. The highest BCUT2D eigenvalue weighted by molar-refractivity contribution is 6.30. The summed E-state index contributed by atoms with van der Waals surface area (Å²) in [6.45, 7) is 3.80. The molecular weight excluding hydrogens is 356 g/mol. The summed E-state index contributed by atoms with van der Waals surface area (Å²) in [5.41, 5.74) is 2.94. The van der Waals surface area contributed by atoms with E-state index in [-0.39, 0.29) is 24.1 Å². The van der Waals surface area contributed by atoms with Crippen LogP contribution in [0.5, 0.6) is 5.75 Å². The quantitative estimate of drug-likeness (QED) is 0.750. The van der Waals surface area contributed by atoms with Crippen molar-refractivity contribution < 1.29 is 19.8 Å². The molecule has 134 valence electrons. The molecule has 0 atom stereocenters. The molecule has 0 saturated heterocycles. The number of aromatic nitrogens is 1. The van der Waals surface area contributed by atoms with Gasteiger partial charge >= 0.3 is 5.97 Å². The first-order valence-corrected chi connectivity index (χ1v) is 8.24. The van der Waals surface area contributed by atoms with Gasteiger partial charge in [0, 0.05) is 23.6 Å². The molecule has 2 N–H and O–H groups in total. The Bertz CT molecular complexity index is 909. The summed E-state index contributed by atoms with van der Waals surface area (Å²) in [5.74, 6) is -2.26. The lowest BCUT2D eigenvalue weighted by atomic mass is 9.97. The van der Waals surface area contributed by atoms with Crippen LogP contribution >= 0.6 is 11.6 Å². The smallest absolute Gasteiger partial charge is 0.303 e. The Labute approximate surface area is 155 Å². The van der Waals surface area contributed by atoms with E-state index in [0.717, 1.165) is 16.7 Å². The van der Waals surface area contributed by atoms with E-state index in [1.54, 1.807) is 0 Å². The van der Waals surface area contributed by atoms with Gasteiger partial charge in [-0.05, 0) is 48.7 Å². The van der Waals surface area contributed by atoms with E-state index in [1.165, 1.54) is 6.07 Å². The number of ketones is 1. The molecule has 0 unspecified atom stereocenters. The van der Waals surface area contributed by atoms with Gasteiger partial charge in [-0.3, -0.25) is 9.59 Å². The molecule has 0 aliphatic rings. The molecule has 26 heavy (non-hydrogen) atoms. The number of aliphatic carboxylic acids is 1. The van der Waals surface area contributed by atoms with Gasteiger partial charge in [-0.2, -0.15) is 5.26 Å². The maximum absolute atomic E-state index is 12.2. The second-order valence-corrected chi connectivity index (χ2v) is 6.42. The minimum Gasteiger partial charge on any atom is -0.504 e. The van der Waals surface area contributed by atoms with Crippen LogP contribution in [0.3, 0.4) is 0 Å². The molecule has 1 aromatic heterocycles. The maximum atomic E-state index is 12.2. The third-order valence-electron chi connectivity index (χ3n) is 4.01. The van der Waals surface area contributed by atoms with Gasteiger partial charge < -0.3 is 10.2 Å². The minimum atomic E-state index is -1.12. The number of carboxylic acid groups (broad SMARTS) is 1. The van der Waals surface area contributed by atoms with Crippen molar-refractivity contribution in [2.24, 2.45) is 0 Å². The van der Waals surface area contributed by atoms with Crippen LogP contribution in [-0.4, -0.2) is 26.9 Å². The van der Waals surface area contributed by atoms with Gasteiger partial charge in [-0.1, -0.05) is 11.6 Å². The van der Waals surface area contributed by atoms with E-state index in [9.17, 15) is 20.0 Å². The summed E-state index contributed by atoms with van der Waals surface area (Å²) in [4.78, 5) is 27.0. The van der Waals surface area contributed by atoms with Gasteiger partial charge in [0.1, 0.15) is 11.8 Å². The van der Waals surface area contributed by atoms with Gasteiger partial charge in [0.2, 0.25) is 0 Å². The van der Waals surface area contributed by atoms with E-state index in [4.69, 9.17) is 16.7 Å². The number of benzene rings is 1. The fourth-order valence-corrected chi connectivity index (χ4v) is 3.03. The minimum absolute atomic E-state index is 0.0713. The average Bonchev–Trinajstić information content (AvgIpc) is 2.56. The van der Waals surface area contributed by atoms with E-state index in [1.807, 2.05) is 32.0 Å². The molecule has 0 radical (unpaired) electrons. The standard InChI is InChI=1S/C19H17ClN2O4/c1-10-5-13(20)6-11(2)15(10)8-14-7-12(9-21)19(26)18(22-14)16(23)3-4-17(24)25/h5-7,26H,3-4,8H2,1-2H3,(H,24,25). The van der Waals surface area contributed by atoms with Crippen molar-refractivity contribution in [3.63, 3.8) is 0 Å². The third-order valence-corrected chi connectivity index (χ3v) is 4.23. The Kier molecular flexibility index (Phi) is 5.96. The number of hydrogen-bond acceptors (Lipinski definition) is 5. The van der Waals surface area contributed by atoms with Gasteiger partial charge in [0.25, 0.3) is 0 Å². The Morgan fingerprint density at radius 1 is 1.19 bits per heavy atom. The molecule has 1 heterocycles. The van der Waals surface area contributed by atoms with Crippen molar-refractivity contribution in [1.29, 1.82) is 5.26 Å². The largest absolute Gasteiger partial charge is 0.504 e. The lowest BCUT2D eigenvalue weighted by molar-refractivity contribution is -0.136. The zero-order valence-corrected chi connectivity index (χ0v) is 15.1. The predicted octanol–water partition coefficient (Wildman–Crippen LogP) is 3.57. The monoisotopic (exact) mass is 372 g/mol. The SMILES string of the molecule is Cc1cc(Cl)cc(C)c1Cc1cc(C#N)c(O)c(C(=O)CCC(=O)O)n1. The zero-order valence-electron chi connectivity index (χ0n) is 14.3. The van der Waals surface area contributed by atoms with Crippen molar-refractivity contribution in [2.75, 3.05) is 0 Å². The van der Waals surface area contributed by atoms with Gasteiger partial charge in [-0.25, -0.2) is 4.98 Å². The molecule has 0 spiro atoms. The van der Waals surface area contributed by atoms with E-state index < -0.39 is 17.5 Å². The Morgan fingerprint density at radius 3 is 2.35 bits per heavy atom. The second kappa shape index (κ2) is 7.98. The van der Waals surface area contributed by atoms with Crippen LogP contribution in [0.1, 0.15) is 51.3 Å². The number of aryl methyl sites for hydroxylation is 2. The Morgan fingerprint density at radius 2 is 1.81 bits per heavy atom. The van der Waals surface area contributed by atoms with E-state index in [2.05, 4.69) is 4.98 Å². The van der Waals surface area contributed by atoms with Crippen molar-refractivity contribution in [1.82, 2.24) is 4.98 Å². The number of Topliss-reactive ketones (excluding diaryl/α,β-unsaturated/α-hetero) is 1. The molecule has 0 aliphatic heterocycles. The van der Waals surface area contributed by atoms with Gasteiger partial charge in [0.15, 0.2) is 11.5 Å². The first-order chi connectivity index (χ1) is 12.2. The number of aromatic hydroxyl groups is 1. The third kappa shape index (κ3) is 4.38. The second-order valence-electron chi connectivity index (χ2n) is 5.98. The molecule has 2 aromatic rings. The number of carbonyl (C=O) groups is 2. The van der Waals surface area contributed by atoms with Crippen LogP contribution in [0.15, 0.2) is 18.2 Å². The lowest BCUT2D eigenvalue weighted by Gasteiger charge is -2.12. The fourth-order valence-electron chi connectivity index (χ4n) is 2.70. The maximum Gasteiger partial charge on any atom is 0.303 e. The average molecular weight is 373 g/mol. The van der Waals surface area contributed by atoms with E-state index >= 15 is 0 Å². The molecule has 0 saturated carbocycles. The Balaban J connectivity index is 2.44. The number of hydrogen-bond donors (Lipinski definition) is 2. The first-order valence-electron chi connectivity index (χ1n) is 7.86. The summed E-state index contributed by atoms with van der Waals surface area (Å²) < 4.78 is 0. The molecule has 0 fully saturated rings. The summed E-state index contributed by atoms with van der Waals surface area (Å²) in [7, 11) is 0. The molecule has 0 bridgehead atoms. The zero-order chi connectivity index (χ0) is 19.4. The number of carbonyl (C=O) groups excluding carboxylic acids is 1. The summed E-state index contributed by atoms with van der Waals surface area (Å²) in [5, 5.41) is 28.6. The van der Waals surface area contributed by atoms with Gasteiger partial charge in [0.05, 0.1) is 12.0 Å². The number of carboxylic acids is 1. The molecule has 7 heteroatoms. The lowest BCUT2D eigenvalue weighted by Crippen LogP contribution is -2.09. The van der Waals surface area contributed by atoms with Crippen LogP contribution in [0.2, 0.25) is 5.02 Å².